The van der Waals surface area contributed by atoms with Gasteiger partial charge >= 0.3 is 0 Å². The molecule has 1 heterocycles. The number of hydrogen-bond acceptors (Lipinski definition) is 1. The predicted octanol–water partition coefficient (Wildman–Crippen LogP) is 10.7. The van der Waals surface area contributed by atoms with Crippen LogP contribution in [-0.4, -0.2) is 6.54 Å². The molecule has 0 atom stereocenters. The van der Waals surface area contributed by atoms with Crippen molar-refractivity contribution in [1.29, 1.82) is 0 Å². The Morgan fingerprint density at radius 2 is 1.29 bits per heavy atom. The Hall–Kier alpha value is -4.62. The van der Waals surface area contributed by atoms with Crippen LogP contribution in [0.1, 0.15) is 48.6 Å². The van der Waals surface area contributed by atoms with Crippen LogP contribution in [0.4, 0.5) is 5.69 Å². The van der Waals surface area contributed by atoms with Crippen molar-refractivity contribution in [3.63, 3.8) is 0 Å². The van der Waals surface area contributed by atoms with Gasteiger partial charge in [0, 0.05) is 24.0 Å². The summed E-state index contributed by atoms with van der Waals surface area (Å²) in [6, 6.07) is 35.4. The molecule has 1 aliphatic rings. The quantitative estimate of drug-likeness (QED) is 0.189. The first-order valence-corrected chi connectivity index (χ1v) is 14.9. The van der Waals surface area contributed by atoms with Gasteiger partial charge in [0.25, 0.3) is 0 Å². The van der Waals surface area contributed by atoms with Crippen LogP contribution in [0.5, 0.6) is 0 Å². The van der Waals surface area contributed by atoms with Crippen LogP contribution in [0.15, 0.2) is 128 Å². The molecule has 0 N–H and O–H groups in total. The highest BCUT2D eigenvalue weighted by molar-refractivity contribution is 6.01. The van der Waals surface area contributed by atoms with E-state index in [9.17, 15) is 0 Å². The molecule has 0 saturated heterocycles. The Balaban J connectivity index is 1.52. The molecule has 0 saturated carbocycles. The van der Waals surface area contributed by atoms with E-state index >= 15 is 0 Å². The highest BCUT2D eigenvalue weighted by Crippen LogP contribution is 2.34. The second kappa shape index (κ2) is 11.9. The monoisotopic (exact) mass is 531 g/mol. The minimum absolute atomic E-state index is 0.950. The van der Waals surface area contributed by atoms with E-state index in [1.807, 2.05) is 0 Å². The lowest BCUT2D eigenvalue weighted by atomic mass is 9.92. The molecule has 0 aromatic heterocycles. The number of allylic oxidation sites excluding steroid dienone is 6. The van der Waals surface area contributed by atoms with Crippen LogP contribution in [0, 0.1) is 0 Å². The molecule has 0 aliphatic carbocycles. The molecule has 5 aromatic rings. The number of fused-ring (bicyclic) bond motifs is 3. The number of aryl methyl sites for hydroxylation is 2. The van der Waals surface area contributed by atoms with Crippen LogP contribution in [0.25, 0.3) is 38.8 Å². The van der Waals surface area contributed by atoms with Crippen LogP contribution < -0.4 is 4.90 Å². The molecule has 1 heteroatoms. The SMILES string of the molecule is CCc1ccc(/C=C/C(=C\C=C2/C=CN(CC)c3ccccc32)c2ccc(CC)c3ccccc23)c2ccccc12. The minimum Gasteiger partial charge on any atom is -0.348 e. The van der Waals surface area contributed by atoms with Gasteiger partial charge in [-0.2, -0.15) is 0 Å². The van der Waals surface area contributed by atoms with Crippen molar-refractivity contribution in [2.75, 3.05) is 11.4 Å². The molecule has 0 unspecified atom stereocenters. The molecule has 0 spiro atoms. The molecule has 202 valence electrons. The van der Waals surface area contributed by atoms with Crippen LogP contribution in [-0.2, 0) is 12.8 Å². The number of para-hydroxylation sites is 1. The zero-order valence-electron chi connectivity index (χ0n) is 24.3. The fraction of sp³-hybridized carbons (Fsp3) is 0.150. The van der Waals surface area contributed by atoms with E-state index in [-0.39, 0.29) is 0 Å². The Bertz CT molecular complexity index is 1850. The third kappa shape index (κ3) is 5.16. The van der Waals surface area contributed by atoms with Crippen LogP contribution >= 0.6 is 0 Å². The molecule has 41 heavy (non-hydrogen) atoms. The molecule has 1 aliphatic heterocycles. The molecular formula is C40H37N. The summed E-state index contributed by atoms with van der Waals surface area (Å²) in [5.41, 5.74) is 10.2. The fourth-order valence-corrected chi connectivity index (χ4v) is 6.08. The largest absolute Gasteiger partial charge is 0.348 e. The first kappa shape index (κ1) is 26.6. The molecule has 5 aromatic carbocycles. The van der Waals surface area contributed by atoms with Crippen LogP contribution in [0.2, 0.25) is 0 Å². The van der Waals surface area contributed by atoms with E-state index in [1.54, 1.807) is 0 Å². The van der Waals surface area contributed by atoms with E-state index < -0.39 is 0 Å². The van der Waals surface area contributed by atoms with Crippen LogP contribution in [0.3, 0.4) is 0 Å². The number of anilines is 1. The van der Waals surface area contributed by atoms with Crippen molar-refractivity contribution in [2.24, 2.45) is 0 Å². The Morgan fingerprint density at radius 3 is 2.02 bits per heavy atom. The molecule has 1 nitrogen and oxygen atoms in total. The van der Waals surface area contributed by atoms with E-state index in [4.69, 9.17) is 0 Å². The van der Waals surface area contributed by atoms with Gasteiger partial charge < -0.3 is 4.90 Å². The van der Waals surface area contributed by atoms with E-state index in [2.05, 4.69) is 159 Å². The lowest BCUT2D eigenvalue weighted by Gasteiger charge is -2.26. The van der Waals surface area contributed by atoms with E-state index in [0.29, 0.717) is 0 Å². The number of rotatable bonds is 7. The first-order chi connectivity index (χ1) is 20.2. The maximum atomic E-state index is 2.30. The maximum absolute atomic E-state index is 2.30. The van der Waals surface area contributed by atoms with Gasteiger partial charge in [0.05, 0.1) is 0 Å². The summed E-state index contributed by atoms with van der Waals surface area (Å²) >= 11 is 0. The molecule has 0 bridgehead atoms. The summed E-state index contributed by atoms with van der Waals surface area (Å²) in [6.45, 7) is 7.61. The van der Waals surface area contributed by atoms with E-state index in [0.717, 1.165) is 19.4 Å². The predicted molar refractivity (Wildman–Crippen MR) is 180 cm³/mol. The molecule has 0 amide bonds. The van der Waals surface area contributed by atoms with Gasteiger partial charge in [0.2, 0.25) is 0 Å². The van der Waals surface area contributed by atoms with Gasteiger partial charge in [-0.3, -0.25) is 0 Å². The van der Waals surface area contributed by atoms with Gasteiger partial charge in [-0.05, 0) is 86.9 Å². The van der Waals surface area contributed by atoms with Crippen molar-refractivity contribution in [2.45, 2.75) is 33.6 Å². The highest BCUT2D eigenvalue weighted by atomic mass is 15.1. The Labute approximate surface area is 244 Å². The highest BCUT2D eigenvalue weighted by Gasteiger charge is 2.14. The van der Waals surface area contributed by atoms with Gasteiger partial charge in [-0.25, -0.2) is 0 Å². The normalized spacial score (nSPS) is 14.5. The maximum Gasteiger partial charge on any atom is 0.0485 e. The van der Waals surface area contributed by atoms with Gasteiger partial charge in [0.1, 0.15) is 0 Å². The molecular weight excluding hydrogens is 494 g/mol. The van der Waals surface area contributed by atoms with Crippen molar-refractivity contribution in [1.82, 2.24) is 0 Å². The van der Waals surface area contributed by atoms with Crippen molar-refractivity contribution >= 4 is 44.5 Å². The zero-order chi connectivity index (χ0) is 28.2. The van der Waals surface area contributed by atoms with Crippen molar-refractivity contribution in [3.05, 3.63) is 155 Å². The molecule has 0 radical (unpaired) electrons. The standard InChI is InChI=1S/C40H37N/c1-4-29-19-20-31(36-15-8-7-13-34(29)36)21-22-32(37-26-25-30(5-2)35-14-9-10-17-39(35)37)23-24-33-27-28-41(6-3)40-18-12-11-16-38(33)40/h7-28H,4-6H2,1-3H3/b22-21+,32-23+,33-24+. The second-order valence-electron chi connectivity index (χ2n) is 10.6. The average molecular weight is 532 g/mol. The third-order valence-corrected chi connectivity index (χ3v) is 8.32. The number of nitrogens with zero attached hydrogens (tertiary/aromatic N) is 1. The Kier molecular flexibility index (Phi) is 7.69. The third-order valence-electron chi connectivity index (χ3n) is 8.32. The van der Waals surface area contributed by atoms with Gasteiger partial charge in [0.15, 0.2) is 0 Å². The lowest BCUT2D eigenvalue weighted by Crippen LogP contribution is -2.18. The lowest BCUT2D eigenvalue weighted by molar-refractivity contribution is 1.01. The zero-order valence-corrected chi connectivity index (χ0v) is 24.3. The second-order valence-corrected chi connectivity index (χ2v) is 10.6. The summed E-state index contributed by atoms with van der Waals surface area (Å²) < 4.78 is 0. The summed E-state index contributed by atoms with van der Waals surface area (Å²) in [5.74, 6) is 0. The summed E-state index contributed by atoms with van der Waals surface area (Å²) in [4.78, 5) is 2.30. The topological polar surface area (TPSA) is 3.24 Å². The fourth-order valence-electron chi connectivity index (χ4n) is 6.08. The number of benzene rings is 5. The van der Waals surface area contributed by atoms with Crippen molar-refractivity contribution < 1.29 is 0 Å². The molecule has 0 fully saturated rings. The van der Waals surface area contributed by atoms with Gasteiger partial charge in [-0.15, -0.1) is 0 Å². The van der Waals surface area contributed by atoms with Gasteiger partial charge in [-0.1, -0.05) is 129 Å². The summed E-state index contributed by atoms with van der Waals surface area (Å²) in [5, 5.41) is 5.27. The summed E-state index contributed by atoms with van der Waals surface area (Å²) in [6.07, 6.45) is 15.7. The van der Waals surface area contributed by atoms with E-state index in [1.165, 1.54) is 66.2 Å². The Morgan fingerprint density at radius 1 is 0.659 bits per heavy atom. The average Bonchev–Trinajstić information content (AvgIpc) is 3.04. The first-order valence-electron chi connectivity index (χ1n) is 14.9. The molecule has 6 rings (SSSR count). The number of hydrogen-bond donors (Lipinski definition) is 0. The smallest absolute Gasteiger partial charge is 0.0485 e. The van der Waals surface area contributed by atoms with Crippen molar-refractivity contribution in [3.8, 4) is 0 Å². The summed E-state index contributed by atoms with van der Waals surface area (Å²) in [7, 11) is 0. The minimum atomic E-state index is 0.950.